The molecule has 2 heterocycles. The fraction of sp³-hybridized carbons (Fsp3) is 0.182. The van der Waals surface area contributed by atoms with Crippen LogP contribution >= 0.6 is 15.9 Å². The molecular weight excluding hydrogens is 284 g/mol. The van der Waals surface area contributed by atoms with E-state index >= 15 is 0 Å². The summed E-state index contributed by atoms with van der Waals surface area (Å²) in [6, 6.07) is 0. The van der Waals surface area contributed by atoms with Crippen molar-refractivity contribution in [1.82, 2.24) is 19.6 Å². The molecule has 0 saturated carbocycles. The fourth-order valence-corrected chi connectivity index (χ4v) is 1.89. The maximum absolute atomic E-state index is 11.8. The lowest BCUT2D eigenvalue weighted by Crippen LogP contribution is -1.95. The molecule has 0 atom stereocenters. The molecule has 0 aliphatic heterocycles. The van der Waals surface area contributed by atoms with Crippen LogP contribution in [0, 0.1) is 0 Å². The van der Waals surface area contributed by atoms with Crippen LogP contribution in [0.3, 0.4) is 0 Å². The average Bonchev–Trinajstić information content (AvgIpc) is 2.84. The highest BCUT2D eigenvalue weighted by Crippen LogP contribution is 2.16. The zero-order valence-electron chi connectivity index (χ0n) is 9.46. The van der Waals surface area contributed by atoms with Crippen LogP contribution in [0.2, 0.25) is 0 Å². The Balaban J connectivity index is 2.19. The van der Waals surface area contributed by atoms with E-state index in [-0.39, 0.29) is 5.78 Å². The third kappa shape index (κ3) is 2.52. The van der Waals surface area contributed by atoms with E-state index in [1.807, 2.05) is 7.05 Å². The minimum absolute atomic E-state index is 0.0776. The van der Waals surface area contributed by atoms with E-state index < -0.39 is 0 Å². The van der Waals surface area contributed by atoms with E-state index in [1.54, 1.807) is 41.1 Å². The summed E-state index contributed by atoms with van der Waals surface area (Å²) in [7, 11) is 3.59. The van der Waals surface area contributed by atoms with Crippen molar-refractivity contribution in [3.63, 3.8) is 0 Å². The predicted molar refractivity (Wildman–Crippen MR) is 67.5 cm³/mol. The lowest BCUT2D eigenvalue weighted by atomic mass is 10.2. The first-order valence-electron chi connectivity index (χ1n) is 4.96. The SMILES string of the molecule is Cn1cc(C(=O)/C=C/c2c(Br)cnn2C)cn1. The van der Waals surface area contributed by atoms with Crippen molar-refractivity contribution in [1.29, 1.82) is 0 Å². The molecule has 0 aromatic carbocycles. The molecule has 88 valence electrons. The summed E-state index contributed by atoms with van der Waals surface area (Å²) >= 11 is 3.37. The van der Waals surface area contributed by atoms with Crippen molar-refractivity contribution in [2.75, 3.05) is 0 Å². The van der Waals surface area contributed by atoms with Gasteiger partial charge in [-0.25, -0.2) is 0 Å². The normalized spacial score (nSPS) is 11.2. The lowest BCUT2D eigenvalue weighted by molar-refractivity contribution is 0.104. The van der Waals surface area contributed by atoms with Crippen molar-refractivity contribution >= 4 is 27.8 Å². The van der Waals surface area contributed by atoms with Gasteiger partial charge in [-0.15, -0.1) is 0 Å². The van der Waals surface area contributed by atoms with Gasteiger partial charge in [0.05, 0.1) is 28.1 Å². The number of hydrogen-bond donors (Lipinski definition) is 0. The fourth-order valence-electron chi connectivity index (χ4n) is 1.41. The Morgan fingerprint density at radius 2 is 2.12 bits per heavy atom. The molecule has 6 heteroatoms. The Kier molecular flexibility index (Phi) is 3.23. The van der Waals surface area contributed by atoms with Crippen molar-refractivity contribution in [2.24, 2.45) is 14.1 Å². The zero-order valence-corrected chi connectivity index (χ0v) is 11.0. The summed E-state index contributed by atoms with van der Waals surface area (Å²) in [6.07, 6.45) is 8.16. The molecule has 5 nitrogen and oxygen atoms in total. The number of aromatic nitrogens is 4. The Morgan fingerprint density at radius 3 is 2.65 bits per heavy atom. The Labute approximate surface area is 107 Å². The molecule has 0 fully saturated rings. The molecule has 17 heavy (non-hydrogen) atoms. The minimum Gasteiger partial charge on any atom is -0.289 e. The zero-order chi connectivity index (χ0) is 12.4. The van der Waals surface area contributed by atoms with Gasteiger partial charge < -0.3 is 0 Å². The van der Waals surface area contributed by atoms with Gasteiger partial charge in [0, 0.05) is 20.3 Å². The monoisotopic (exact) mass is 294 g/mol. The van der Waals surface area contributed by atoms with Crippen LogP contribution in [0.1, 0.15) is 16.1 Å². The molecule has 0 spiro atoms. The molecule has 2 rings (SSSR count). The summed E-state index contributed by atoms with van der Waals surface area (Å²) in [4.78, 5) is 11.8. The summed E-state index contributed by atoms with van der Waals surface area (Å²) in [5.74, 6) is -0.0776. The van der Waals surface area contributed by atoms with Crippen molar-refractivity contribution in [3.05, 3.63) is 40.4 Å². The number of aryl methyl sites for hydroxylation is 2. The smallest absolute Gasteiger partial charge is 0.189 e. The van der Waals surface area contributed by atoms with Crippen molar-refractivity contribution in [2.45, 2.75) is 0 Å². The highest BCUT2D eigenvalue weighted by Gasteiger charge is 2.06. The summed E-state index contributed by atoms with van der Waals surface area (Å²) in [6.45, 7) is 0. The van der Waals surface area contributed by atoms with Crippen LogP contribution < -0.4 is 0 Å². The van der Waals surface area contributed by atoms with E-state index in [0.29, 0.717) is 5.56 Å². The molecular formula is C11H11BrN4O. The second-order valence-corrected chi connectivity index (χ2v) is 4.46. The lowest BCUT2D eigenvalue weighted by Gasteiger charge is -1.94. The van der Waals surface area contributed by atoms with E-state index in [0.717, 1.165) is 10.2 Å². The maximum Gasteiger partial charge on any atom is 0.189 e. The second kappa shape index (κ2) is 4.67. The van der Waals surface area contributed by atoms with Gasteiger partial charge in [-0.2, -0.15) is 10.2 Å². The van der Waals surface area contributed by atoms with Gasteiger partial charge in [0.25, 0.3) is 0 Å². The Bertz CT molecular complexity index is 563. The maximum atomic E-state index is 11.8. The predicted octanol–water partition coefficient (Wildman–Crippen LogP) is 1.81. The number of carbonyl (C=O) groups is 1. The van der Waals surface area contributed by atoms with Gasteiger partial charge in [0.1, 0.15) is 0 Å². The molecule has 0 unspecified atom stereocenters. The third-order valence-corrected chi connectivity index (χ3v) is 2.93. The van der Waals surface area contributed by atoms with Crippen LogP contribution in [0.5, 0.6) is 0 Å². The molecule has 0 bridgehead atoms. The van der Waals surface area contributed by atoms with Crippen molar-refractivity contribution < 1.29 is 4.79 Å². The first-order chi connectivity index (χ1) is 8.08. The summed E-state index contributed by atoms with van der Waals surface area (Å²) < 4.78 is 4.15. The van der Waals surface area contributed by atoms with Gasteiger partial charge in [-0.05, 0) is 28.1 Å². The van der Waals surface area contributed by atoms with Gasteiger partial charge in [0.2, 0.25) is 0 Å². The largest absolute Gasteiger partial charge is 0.289 e. The van der Waals surface area contributed by atoms with Gasteiger partial charge in [-0.3, -0.25) is 14.2 Å². The minimum atomic E-state index is -0.0776. The van der Waals surface area contributed by atoms with Crippen LogP contribution in [-0.4, -0.2) is 25.3 Å². The van der Waals surface area contributed by atoms with Gasteiger partial charge in [0.15, 0.2) is 5.78 Å². The first kappa shape index (κ1) is 11.8. The Hall–Kier alpha value is -1.69. The third-order valence-electron chi connectivity index (χ3n) is 2.32. The number of hydrogen-bond acceptors (Lipinski definition) is 3. The van der Waals surface area contributed by atoms with Crippen LogP contribution in [0.15, 0.2) is 29.1 Å². The van der Waals surface area contributed by atoms with E-state index in [4.69, 9.17) is 0 Å². The number of rotatable bonds is 3. The van der Waals surface area contributed by atoms with E-state index in [1.165, 1.54) is 6.08 Å². The molecule has 2 aromatic rings. The van der Waals surface area contributed by atoms with E-state index in [9.17, 15) is 4.79 Å². The average molecular weight is 295 g/mol. The van der Waals surface area contributed by atoms with Gasteiger partial charge in [-0.1, -0.05) is 0 Å². The molecule has 0 saturated heterocycles. The van der Waals surface area contributed by atoms with Crippen LogP contribution in [0.25, 0.3) is 6.08 Å². The van der Waals surface area contributed by atoms with Crippen LogP contribution in [0.4, 0.5) is 0 Å². The standard InChI is InChI=1S/C11H11BrN4O/c1-15-7-8(5-13-15)11(17)4-3-10-9(12)6-14-16(10)2/h3-7H,1-2H3/b4-3+. The Morgan fingerprint density at radius 1 is 1.35 bits per heavy atom. The van der Waals surface area contributed by atoms with E-state index in [2.05, 4.69) is 26.1 Å². The molecule has 0 amide bonds. The highest BCUT2D eigenvalue weighted by molar-refractivity contribution is 9.10. The number of allylic oxidation sites excluding steroid dienone is 1. The van der Waals surface area contributed by atoms with Gasteiger partial charge >= 0.3 is 0 Å². The quantitative estimate of drug-likeness (QED) is 0.641. The molecule has 0 radical (unpaired) electrons. The topological polar surface area (TPSA) is 52.7 Å². The number of carbonyl (C=O) groups excluding carboxylic acids is 1. The molecule has 0 N–H and O–H groups in total. The highest BCUT2D eigenvalue weighted by atomic mass is 79.9. The van der Waals surface area contributed by atoms with Crippen molar-refractivity contribution in [3.8, 4) is 0 Å². The number of halogens is 1. The summed E-state index contributed by atoms with van der Waals surface area (Å²) in [5, 5.41) is 8.01. The number of nitrogens with zero attached hydrogens (tertiary/aromatic N) is 4. The summed E-state index contributed by atoms with van der Waals surface area (Å²) in [5.41, 5.74) is 1.42. The first-order valence-corrected chi connectivity index (χ1v) is 5.76. The molecule has 0 aliphatic carbocycles. The van der Waals surface area contributed by atoms with Crippen LogP contribution in [-0.2, 0) is 14.1 Å². The number of ketones is 1. The molecule has 2 aromatic heterocycles. The second-order valence-electron chi connectivity index (χ2n) is 3.60. The molecule has 0 aliphatic rings.